The monoisotopic (exact) mass is 273 g/mol. The molecule has 1 heterocycles. The molecule has 14 heavy (non-hydrogen) atoms. The second-order valence-corrected chi connectivity index (χ2v) is 5.96. The van der Waals surface area contributed by atoms with Crippen molar-refractivity contribution in [2.24, 2.45) is 11.7 Å². The normalized spacial score (nSPS) is 33.2. The topological polar surface area (TPSA) is 26.0 Å². The molecule has 3 atom stereocenters. The van der Waals surface area contributed by atoms with Crippen molar-refractivity contribution in [3.8, 4) is 0 Å². The van der Waals surface area contributed by atoms with Gasteiger partial charge >= 0.3 is 0 Å². The van der Waals surface area contributed by atoms with Gasteiger partial charge in [0.1, 0.15) is 0 Å². The second kappa shape index (κ2) is 4.33. The van der Waals surface area contributed by atoms with Crippen LogP contribution in [0.15, 0.2) is 15.2 Å². The molecule has 1 aromatic rings. The molecule has 0 radical (unpaired) electrons. The molecule has 0 spiro atoms. The Kier molecular flexibility index (Phi) is 3.30. The van der Waals surface area contributed by atoms with Gasteiger partial charge in [-0.1, -0.05) is 6.92 Å². The first kappa shape index (κ1) is 10.7. The minimum atomic E-state index is 0.358. The zero-order valence-corrected chi connectivity index (χ0v) is 10.8. The van der Waals surface area contributed by atoms with Crippen molar-refractivity contribution in [2.75, 3.05) is 0 Å². The van der Waals surface area contributed by atoms with Crippen LogP contribution in [0.1, 0.15) is 37.7 Å². The summed E-state index contributed by atoms with van der Waals surface area (Å²) < 4.78 is 1.25. The fraction of sp³-hybridized carbons (Fsp3) is 0.636. The van der Waals surface area contributed by atoms with Gasteiger partial charge in [-0.3, -0.25) is 0 Å². The second-order valence-electron chi connectivity index (χ2n) is 4.36. The minimum Gasteiger partial charge on any atom is -0.327 e. The number of nitrogens with two attached hydrogens (primary N) is 1. The molecule has 1 aromatic heterocycles. The highest BCUT2D eigenvalue weighted by molar-refractivity contribution is 9.10. The molecule has 0 aliphatic heterocycles. The van der Waals surface area contributed by atoms with Gasteiger partial charge in [0.05, 0.1) is 0 Å². The summed E-state index contributed by atoms with van der Waals surface area (Å²) in [6.45, 7) is 2.33. The summed E-state index contributed by atoms with van der Waals surface area (Å²) >= 11 is 5.36. The highest BCUT2D eigenvalue weighted by Gasteiger charge is 2.28. The molecule has 3 heteroatoms. The predicted molar refractivity (Wildman–Crippen MR) is 65.8 cm³/mol. The van der Waals surface area contributed by atoms with Gasteiger partial charge in [0.2, 0.25) is 0 Å². The smallest absolute Gasteiger partial charge is 0.0317 e. The SMILES string of the molecule is CC1CCC(N)C(c2cscc2Br)C1. The highest BCUT2D eigenvalue weighted by Crippen LogP contribution is 2.39. The Morgan fingerprint density at radius 1 is 1.43 bits per heavy atom. The first-order chi connectivity index (χ1) is 6.68. The van der Waals surface area contributed by atoms with Crippen molar-refractivity contribution in [1.82, 2.24) is 0 Å². The van der Waals surface area contributed by atoms with E-state index in [9.17, 15) is 0 Å². The molecule has 3 unspecified atom stereocenters. The Balaban J connectivity index is 2.20. The van der Waals surface area contributed by atoms with E-state index in [1.165, 1.54) is 29.3 Å². The summed E-state index contributed by atoms with van der Waals surface area (Å²) in [4.78, 5) is 0. The molecular weight excluding hydrogens is 258 g/mol. The molecule has 0 saturated heterocycles. The van der Waals surface area contributed by atoms with Crippen molar-refractivity contribution in [3.63, 3.8) is 0 Å². The van der Waals surface area contributed by atoms with Gasteiger partial charge in [0.15, 0.2) is 0 Å². The quantitative estimate of drug-likeness (QED) is 0.829. The fourth-order valence-electron chi connectivity index (χ4n) is 2.32. The van der Waals surface area contributed by atoms with E-state index in [2.05, 4.69) is 33.6 Å². The van der Waals surface area contributed by atoms with Crippen molar-refractivity contribution in [2.45, 2.75) is 38.1 Å². The zero-order valence-electron chi connectivity index (χ0n) is 8.37. The molecule has 1 saturated carbocycles. The van der Waals surface area contributed by atoms with Crippen LogP contribution in [0.4, 0.5) is 0 Å². The third kappa shape index (κ3) is 2.05. The van der Waals surface area contributed by atoms with Crippen LogP contribution in [0.5, 0.6) is 0 Å². The van der Waals surface area contributed by atoms with Crippen LogP contribution in [0, 0.1) is 5.92 Å². The van der Waals surface area contributed by atoms with Gasteiger partial charge in [-0.15, -0.1) is 0 Å². The van der Waals surface area contributed by atoms with E-state index in [1.807, 2.05) is 0 Å². The number of hydrogen-bond acceptors (Lipinski definition) is 2. The zero-order chi connectivity index (χ0) is 10.1. The molecule has 1 fully saturated rings. The average molecular weight is 274 g/mol. The Morgan fingerprint density at radius 2 is 2.21 bits per heavy atom. The van der Waals surface area contributed by atoms with Crippen LogP contribution in [0.2, 0.25) is 0 Å². The van der Waals surface area contributed by atoms with Crippen LogP contribution >= 0.6 is 27.3 Å². The molecule has 78 valence electrons. The summed E-state index contributed by atoms with van der Waals surface area (Å²) in [5.74, 6) is 1.39. The van der Waals surface area contributed by atoms with E-state index in [0.717, 1.165) is 5.92 Å². The lowest BCUT2D eigenvalue weighted by molar-refractivity contribution is 0.306. The third-order valence-corrected chi connectivity index (χ3v) is 4.96. The lowest BCUT2D eigenvalue weighted by atomic mass is 9.76. The van der Waals surface area contributed by atoms with E-state index < -0.39 is 0 Å². The fourth-order valence-corrected chi connectivity index (χ4v) is 3.97. The number of thiophene rings is 1. The molecule has 1 aliphatic rings. The van der Waals surface area contributed by atoms with Crippen LogP contribution < -0.4 is 5.73 Å². The standard InChI is InChI=1S/C11H16BrNS/c1-7-2-3-11(13)8(4-7)9-5-14-6-10(9)12/h5-8,11H,2-4,13H2,1H3. The van der Waals surface area contributed by atoms with Crippen LogP contribution in [-0.4, -0.2) is 6.04 Å². The van der Waals surface area contributed by atoms with Crippen LogP contribution in [0.25, 0.3) is 0 Å². The van der Waals surface area contributed by atoms with Gasteiger partial charge in [-0.2, -0.15) is 11.3 Å². The predicted octanol–water partition coefficient (Wildman–Crippen LogP) is 3.74. The Bertz CT molecular complexity index is 310. The van der Waals surface area contributed by atoms with Gasteiger partial charge < -0.3 is 5.73 Å². The van der Waals surface area contributed by atoms with E-state index in [-0.39, 0.29) is 0 Å². The van der Waals surface area contributed by atoms with Crippen molar-refractivity contribution in [3.05, 3.63) is 20.8 Å². The van der Waals surface area contributed by atoms with Crippen LogP contribution in [0.3, 0.4) is 0 Å². The molecule has 2 rings (SSSR count). The lowest BCUT2D eigenvalue weighted by Crippen LogP contribution is -2.33. The maximum atomic E-state index is 6.19. The van der Waals surface area contributed by atoms with Crippen LogP contribution in [-0.2, 0) is 0 Å². The van der Waals surface area contributed by atoms with E-state index in [0.29, 0.717) is 12.0 Å². The highest BCUT2D eigenvalue weighted by atomic mass is 79.9. The molecule has 1 aliphatic carbocycles. The number of hydrogen-bond donors (Lipinski definition) is 1. The summed E-state index contributed by atoms with van der Waals surface area (Å²) in [6.07, 6.45) is 3.71. The maximum Gasteiger partial charge on any atom is 0.0317 e. The van der Waals surface area contributed by atoms with Crippen molar-refractivity contribution >= 4 is 27.3 Å². The Morgan fingerprint density at radius 3 is 2.86 bits per heavy atom. The summed E-state index contributed by atoms with van der Waals surface area (Å²) in [5, 5.41) is 4.40. The summed E-state index contributed by atoms with van der Waals surface area (Å²) in [6, 6.07) is 0.358. The van der Waals surface area contributed by atoms with Gasteiger partial charge in [-0.05, 0) is 52.1 Å². The Labute approximate surface area is 97.8 Å². The van der Waals surface area contributed by atoms with E-state index in [4.69, 9.17) is 5.73 Å². The molecule has 0 amide bonds. The first-order valence-corrected chi connectivity index (χ1v) is 6.89. The largest absolute Gasteiger partial charge is 0.327 e. The summed E-state index contributed by atoms with van der Waals surface area (Å²) in [5.41, 5.74) is 7.61. The molecule has 2 N–H and O–H groups in total. The van der Waals surface area contributed by atoms with Gasteiger partial charge in [0.25, 0.3) is 0 Å². The average Bonchev–Trinajstić information content (AvgIpc) is 2.56. The van der Waals surface area contributed by atoms with Gasteiger partial charge in [0, 0.05) is 21.8 Å². The minimum absolute atomic E-state index is 0.358. The molecule has 0 aromatic carbocycles. The van der Waals surface area contributed by atoms with Crippen molar-refractivity contribution < 1.29 is 0 Å². The molecule has 0 bridgehead atoms. The first-order valence-electron chi connectivity index (χ1n) is 5.15. The number of halogens is 1. The Hall–Kier alpha value is 0.140. The van der Waals surface area contributed by atoms with Crippen molar-refractivity contribution in [1.29, 1.82) is 0 Å². The van der Waals surface area contributed by atoms with E-state index in [1.54, 1.807) is 11.3 Å². The van der Waals surface area contributed by atoms with E-state index >= 15 is 0 Å². The molecular formula is C11H16BrNS. The lowest BCUT2D eigenvalue weighted by Gasteiger charge is -2.32. The third-order valence-electron chi connectivity index (χ3n) is 3.21. The van der Waals surface area contributed by atoms with Gasteiger partial charge in [-0.25, -0.2) is 0 Å². The maximum absolute atomic E-state index is 6.19. The summed E-state index contributed by atoms with van der Waals surface area (Å²) in [7, 11) is 0. The molecule has 1 nitrogen and oxygen atoms in total. The number of rotatable bonds is 1.